The molecule has 0 unspecified atom stereocenters. The summed E-state index contributed by atoms with van der Waals surface area (Å²) < 4.78 is 6.50. The second-order valence-electron chi connectivity index (χ2n) is 7.19. The van der Waals surface area contributed by atoms with Crippen LogP contribution in [0.3, 0.4) is 0 Å². The fraction of sp³-hybridized carbons (Fsp3) is 0.167. The SMILES string of the molecule is CN(C)CCOB(c1cccc2ccccc12)c1cccc2ccccc12. The lowest BCUT2D eigenvalue weighted by atomic mass is 9.53. The molecule has 2 nitrogen and oxygen atoms in total. The maximum atomic E-state index is 6.50. The number of hydrogen-bond donors (Lipinski definition) is 0. The van der Waals surface area contributed by atoms with Crippen molar-refractivity contribution >= 4 is 39.4 Å². The quantitative estimate of drug-likeness (QED) is 0.491. The number of fused-ring (bicyclic) bond motifs is 2. The Labute approximate surface area is 161 Å². The molecule has 0 aliphatic carbocycles. The molecule has 0 aliphatic rings. The fourth-order valence-corrected chi connectivity index (χ4v) is 3.66. The molecule has 27 heavy (non-hydrogen) atoms. The molecule has 0 aromatic heterocycles. The molecule has 0 radical (unpaired) electrons. The molecule has 0 saturated heterocycles. The van der Waals surface area contributed by atoms with Crippen LogP contribution in [0.5, 0.6) is 0 Å². The van der Waals surface area contributed by atoms with Crippen molar-refractivity contribution in [1.82, 2.24) is 4.90 Å². The van der Waals surface area contributed by atoms with Gasteiger partial charge in [0.25, 0.3) is 0 Å². The molecule has 4 rings (SSSR count). The molecule has 4 aromatic carbocycles. The van der Waals surface area contributed by atoms with Crippen LogP contribution in [0.2, 0.25) is 0 Å². The third-order valence-electron chi connectivity index (χ3n) is 5.03. The Hall–Kier alpha value is -2.62. The summed E-state index contributed by atoms with van der Waals surface area (Å²) in [6, 6.07) is 30.1. The Balaban J connectivity index is 1.86. The van der Waals surface area contributed by atoms with Gasteiger partial charge in [0.2, 0.25) is 0 Å². The molecular formula is C24H24BNO. The van der Waals surface area contributed by atoms with Crippen molar-refractivity contribution in [2.75, 3.05) is 27.2 Å². The Bertz CT molecular complexity index is 970. The molecule has 0 heterocycles. The van der Waals surface area contributed by atoms with E-state index in [9.17, 15) is 0 Å². The van der Waals surface area contributed by atoms with Crippen LogP contribution in [0.15, 0.2) is 84.9 Å². The van der Waals surface area contributed by atoms with Gasteiger partial charge in [0.1, 0.15) is 0 Å². The smallest absolute Gasteiger partial charge is 0.362 e. The van der Waals surface area contributed by atoms with Crippen molar-refractivity contribution in [3.05, 3.63) is 84.9 Å². The van der Waals surface area contributed by atoms with Gasteiger partial charge in [-0.15, -0.1) is 0 Å². The van der Waals surface area contributed by atoms with E-state index in [0.29, 0.717) is 6.61 Å². The molecule has 0 amide bonds. The molecule has 0 N–H and O–H groups in total. The number of nitrogens with zero attached hydrogens (tertiary/aromatic N) is 1. The summed E-state index contributed by atoms with van der Waals surface area (Å²) in [5, 5.41) is 5.00. The average molecular weight is 353 g/mol. The van der Waals surface area contributed by atoms with Crippen LogP contribution >= 0.6 is 0 Å². The van der Waals surface area contributed by atoms with E-state index in [1.165, 1.54) is 32.5 Å². The van der Waals surface area contributed by atoms with Crippen molar-refractivity contribution in [2.45, 2.75) is 0 Å². The van der Waals surface area contributed by atoms with E-state index < -0.39 is 0 Å². The molecule has 0 bridgehead atoms. The minimum Gasteiger partial charge on any atom is -0.425 e. The standard InChI is InChI=1S/C24H24BNO/c1-26(2)17-18-27-25(23-15-7-11-19-9-3-5-13-21(19)23)24-16-8-12-20-10-4-6-14-22(20)24/h3-16H,17-18H2,1-2H3. The van der Waals surface area contributed by atoms with Crippen LogP contribution < -0.4 is 10.9 Å². The zero-order valence-electron chi connectivity index (χ0n) is 15.9. The van der Waals surface area contributed by atoms with Gasteiger partial charge >= 0.3 is 6.92 Å². The van der Waals surface area contributed by atoms with Crippen LogP contribution in [-0.2, 0) is 4.65 Å². The van der Waals surface area contributed by atoms with Gasteiger partial charge in [-0.05, 0) is 46.6 Å². The van der Waals surface area contributed by atoms with Crippen molar-refractivity contribution in [3.8, 4) is 0 Å². The van der Waals surface area contributed by atoms with Crippen molar-refractivity contribution < 1.29 is 4.65 Å². The van der Waals surface area contributed by atoms with Crippen LogP contribution in [0.1, 0.15) is 0 Å². The summed E-state index contributed by atoms with van der Waals surface area (Å²) in [6.45, 7) is 1.48. The molecule has 0 aliphatic heterocycles. The molecule has 134 valence electrons. The summed E-state index contributed by atoms with van der Waals surface area (Å²) >= 11 is 0. The first-order chi connectivity index (χ1) is 13.2. The highest BCUT2D eigenvalue weighted by Crippen LogP contribution is 2.16. The van der Waals surface area contributed by atoms with Crippen molar-refractivity contribution in [2.24, 2.45) is 0 Å². The summed E-state index contributed by atoms with van der Waals surface area (Å²) in [6.07, 6.45) is 0. The average Bonchev–Trinajstić information content (AvgIpc) is 2.70. The lowest BCUT2D eigenvalue weighted by Crippen LogP contribution is -2.46. The highest BCUT2D eigenvalue weighted by atomic mass is 16.4. The number of hydrogen-bond acceptors (Lipinski definition) is 2. The second-order valence-corrected chi connectivity index (χ2v) is 7.19. The second kappa shape index (κ2) is 7.95. The Morgan fingerprint density at radius 2 is 1.15 bits per heavy atom. The predicted octanol–water partition coefficient (Wildman–Crippen LogP) is 3.68. The summed E-state index contributed by atoms with van der Waals surface area (Å²) in [5.41, 5.74) is 2.45. The van der Waals surface area contributed by atoms with E-state index in [1.54, 1.807) is 0 Å². The van der Waals surface area contributed by atoms with Gasteiger partial charge < -0.3 is 9.55 Å². The van der Waals surface area contributed by atoms with Gasteiger partial charge in [0.05, 0.1) is 0 Å². The maximum Gasteiger partial charge on any atom is 0.362 e. The molecule has 4 aromatic rings. The van der Waals surface area contributed by atoms with E-state index in [2.05, 4.69) is 104 Å². The van der Waals surface area contributed by atoms with Crippen LogP contribution in [0.25, 0.3) is 21.5 Å². The monoisotopic (exact) mass is 353 g/mol. The lowest BCUT2D eigenvalue weighted by molar-refractivity contribution is 0.270. The lowest BCUT2D eigenvalue weighted by Gasteiger charge is -2.20. The predicted molar refractivity (Wildman–Crippen MR) is 117 cm³/mol. The zero-order chi connectivity index (χ0) is 18.6. The molecule has 0 spiro atoms. The first-order valence-corrected chi connectivity index (χ1v) is 9.46. The van der Waals surface area contributed by atoms with E-state index >= 15 is 0 Å². The highest BCUT2D eigenvalue weighted by molar-refractivity contribution is 6.83. The summed E-state index contributed by atoms with van der Waals surface area (Å²) in [5.74, 6) is 0. The molecular weight excluding hydrogens is 329 g/mol. The van der Waals surface area contributed by atoms with E-state index in [0.717, 1.165) is 6.54 Å². The van der Waals surface area contributed by atoms with E-state index in [4.69, 9.17) is 4.65 Å². The number of benzene rings is 4. The first-order valence-electron chi connectivity index (χ1n) is 9.46. The van der Waals surface area contributed by atoms with E-state index in [-0.39, 0.29) is 6.92 Å². The van der Waals surface area contributed by atoms with Crippen molar-refractivity contribution in [3.63, 3.8) is 0 Å². The molecule has 3 heteroatoms. The van der Waals surface area contributed by atoms with Gasteiger partial charge in [0.15, 0.2) is 0 Å². The fourth-order valence-electron chi connectivity index (χ4n) is 3.66. The van der Waals surface area contributed by atoms with Crippen molar-refractivity contribution in [1.29, 1.82) is 0 Å². The topological polar surface area (TPSA) is 12.5 Å². The van der Waals surface area contributed by atoms with Gasteiger partial charge in [0, 0.05) is 13.2 Å². The third kappa shape index (κ3) is 3.75. The maximum absolute atomic E-state index is 6.50. The van der Waals surface area contributed by atoms with Gasteiger partial charge in [-0.25, -0.2) is 0 Å². The van der Waals surface area contributed by atoms with Crippen LogP contribution in [-0.4, -0.2) is 39.1 Å². The largest absolute Gasteiger partial charge is 0.425 e. The Morgan fingerprint density at radius 3 is 1.67 bits per heavy atom. The van der Waals surface area contributed by atoms with Crippen LogP contribution in [0.4, 0.5) is 0 Å². The molecule has 0 atom stereocenters. The van der Waals surface area contributed by atoms with Gasteiger partial charge in [-0.3, -0.25) is 0 Å². The minimum absolute atomic E-state index is 0.0952. The summed E-state index contributed by atoms with van der Waals surface area (Å²) in [7, 11) is 4.16. The van der Waals surface area contributed by atoms with Gasteiger partial charge in [-0.2, -0.15) is 0 Å². The van der Waals surface area contributed by atoms with Crippen LogP contribution in [0, 0.1) is 0 Å². The van der Waals surface area contributed by atoms with Gasteiger partial charge in [-0.1, -0.05) is 84.9 Å². The Morgan fingerprint density at radius 1 is 0.667 bits per heavy atom. The molecule has 0 fully saturated rings. The minimum atomic E-state index is -0.0952. The Kier molecular flexibility index (Phi) is 5.24. The highest BCUT2D eigenvalue weighted by Gasteiger charge is 2.25. The normalized spacial score (nSPS) is 11.4. The van der Waals surface area contributed by atoms with E-state index in [1.807, 2.05) is 0 Å². The summed E-state index contributed by atoms with van der Waals surface area (Å²) in [4.78, 5) is 2.16. The number of likely N-dealkylation sites (N-methyl/N-ethyl adjacent to an activating group) is 1. The number of rotatable bonds is 6. The molecule has 0 saturated carbocycles. The third-order valence-corrected chi connectivity index (χ3v) is 5.03. The first kappa shape index (κ1) is 17.8. The zero-order valence-corrected chi connectivity index (χ0v) is 15.9.